The highest BCUT2D eigenvalue weighted by atomic mass is 32.2. The van der Waals surface area contributed by atoms with Crippen LogP contribution in [0.15, 0.2) is 62.5 Å². The molecule has 0 aliphatic rings. The van der Waals surface area contributed by atoms with Crippen molar-refractivity contribution in [1.29, 1.82) is 0 Å². The van der Waals surface area contributed by atoms with Crippen molar-refractivity contribution < 1.29 is 41.3 Å². The molecule has 0 aliphatic heterocycles. The van der Waals surface area contributed by atoms with Gasteiger partial charge in [0.1, 0.15) is 17.2 Å². The summed E-state index contributed by atoms with van der Waals surface area (Å²) in [4.78, 5) is -2.25. The maximum absolute atomic E-state index is 11.6. The van der Waals surface area contributed by atoms with Crippen molar-refractivity contribution in [2.75, 3.05) is 0 Å². The Kier molecular flexibility index (Phi) is 4.92. The van der Waals surface area contributed by atoms with E-state index in [1.54, 1.807) is 18.2 Å². The standard InChI is InChI=1S/C16H12N2O9S2/c19-11-7-9(28(22,23)24)6-10-12(11)13(18-17-8-4-2-1-3-5-8)15(21)16(14(10)20)29(25,26)27/h1-7,19-21H,(H,22,23,24)(H,25,26,27). The Bertz CT molecular complexity index is 1370. The van der Waals surface area contributed by atoms with Crippen molar-refractivity contribution in [2.45, 2.75) is 9.79 Å². The number of azo groups is 1. The van der Waals surface area contributed by atoms with E-state index in [4.69, 9.17) is 0 Å². The first kappa shape index (κ1) is 20.5. The van der Waals surface area contributed by atoms with Crippen LogP contribution in [0.1, 0.15) is 0 Å². The minimum Gasteiger partial charge on any atom is -0.507 e. The van der Waals surface area contributed by atoms with Crippen molar-refractivity contribution in [3.63, 3.8) is 0 Å². The lowest BCUT2D eigenvalue weighted by Crippen LogP contribution is -2.02. The van der Waals surface area contributed by atoms with Crippen LogP contribution < -0.4 is 0 Å². The Morgan fingerprint density at radius 2 is 1.38 bits per heavy atom. The number of phenols is 3. The number of aromatic hydroxyl groups is 3. The molecule has 0 radical (unpaired) electrons. The van der Waals surface area contributed by atoms with E-state index < -0.39 is 63.7 Å². The molecule has 0 saturated carbocycles. The fourth-order valence-electron chi connectivity index (χ4n) is 2.59. The zero-order chi connectivity index (χ0) is 21.6. The molecule has 0 bridgehead atoms. The number of hydrogen-bond acceptors (Lipinski definition) is 9. The van der Waals surface area contributed by atoms with Gasteiger partial charge in [0.2, 0.25) is 0 Å². The summed E-state index contributed by atoms with van der Waals surface area (Å²) < 4.78 is 64.6. The minimum atomic E-state index is -5.22. The molecule has 0 amide bonds. The highest BCUT2D eigenvalue weighted by Crippen LogP contribution is 2.50. The molecule has 0 unspecified atom stereocenters. The minimum absolute atomic E-state index is 0.274. The van der Waals surface area contributed by atoms with Gasteiger partial charge in [0, 0.05) is 11.5 Å². The topological polar surface area (TPSA) is 194 Å². The number of phenolic OH excluding ortho intramolecular Hbond substituents is 3. The smallest absolute Gasteiger partial charge is 0.302 e. The number of nitrogens with zero attached hydrogens (tertiary/aromatic N) is 2. The fourth-order valence-corrected chi connectivity index (χ4v) is 3.81. The average molecular weight is 440 g/mol. The summed E-state index contributed by atoms with van der Waals surface area (Å²) in [5.74, 6) is -3.36. The number of rotatable bonds is 4. The third-order valence-corrected chi connectivity index (χ3v) is 5.55. The molecule has 152 valence electrons. The maximum Gasteiger partial charge on any atom is 0.302 e. The number of hydrogen-bond donors (Lipinski definition) is 5. The summed E-state index contributed by atoms with van der Waals surface area (Å²) in [5.41, 5.74) is -0.399. The lowest BCUT2D eigenvalue weighted by molar-refractivity contribution is 0.414. The largest absolute Gasteiger partial charge is 0.507 e. The first-order valence-electron chi connectivity index (χ1n) is 7.57. The summed E-state index contributed by atoms with van der Waals surface area (Å²) >= 11 is 0. The van der Waals surface area contributed by atoms with Gasteiger partial charge < -0.3 is 15.3 Å². The molecule has 5 N–H and O–H groups in total. The summed E-state index contributed by atoms with van der Waals surface area (Å²) in [6.45, 7) is 0. The maximum atomic E-state index is 11.6. The number of benzene rings is 3. The van der Waals surface area contributed by atoms with E-state index in [0.29, 0.717) is 12.1 Å². The molecular weight excluding hydrogens is 428 g/mol. The van der Waals surface area contributed by atoms with Crippen LogP contribution in [-0.2, 0) is 20.2 Å². The monoisotopic (exact) mass is 440 g/mol. The van der Waals surface area contributed by atoms with Gasteiger partial charge in [0.25, 0.3) is 10.1 Å². The van der Waals surface area contributed by atoms with E-state index in [2.05, 4.69) is 10.2 Å². The second-order valence-corrected chi connectivity index (χ2v) is 8.51. The molecule has 29 heavy (non-hydrogen) atoms. The molecule has 3 rings (SSSR count). The van der Waals surface area contributed by atoms with E-state index >= 15 is 0 Å². The molecule has 3 aromatic rings. The van der Waals surface area contributed by atoms with Gasteiger partial charge in [0.05, 0.1) is 16.0 Å². The Morgan fingerprint density at radius 3 is 1.93 bits per heavy atom. The van der Waals surface area contributed by atoms with Crippen LogP contribution in [0.2, 0.25) is 0 Å². The van der Waals surface area contributed by atoms with Crippen molar-refractivity contribution in [3.05, 3.63) is 42.5 Å². The van der Waals surface area contributed by atoms with Crippen molar-refractivity contribution in [3.8, 4) is 17.2 Å². The van der Waals surface area contributed by atoms with Crippen LogP contribution in [-0.4, -0.2) is 41.3 Å². The Balaban J connectivity index is 2.48. The van der Waals surface area contributed by atoms with E-state index in [-0.39, 0.29) is 5.69 Å². The first-order valence-corrected chi connectivity index (χ1v) is 10.5. The van der Waals surface area contributed by atoms with Crippen molar-refractivity contribution in [1.82, 2.24) is 0 Å². The molecule has 3 aromatic carbocycles. The predicted molar refractivity (Wildman–Crippen MR) is 99.2 cm³/mol. The van der Waals surface area contributed by atoms with Gasteiger partial charge in [-0.05, 0) is 18.2 Å². The van der Waals surface area contributed by atoms with Gasteiger partial charge in [-0.15, -0.1) is 5.11 Å². The molecule has 0 heterocycles. The average Bonchev–Trinajstić information content (AvgIpc) is 2.60. The first-order chi connectivity index (χ1) is 13.4. The quantitative estimate of drug-likeness (QED) is 0.299. The lowest BCUT2D eigenvalue weighted by atomic mass is 10.1. The molecule has 0 aliphatic carbocycles. The molecular formula is C16H12N2O9S2. The molecule has 0 saturated heterocycles. The molecule has 0 atom stereocenters. The van der Waals surface area contributed by atoms with Gasteiger partial charge in [-0.25, -0.2) is 0 Å². The normalized spacial score (nSPS) is 12.6. The molecule has 0 spiro atoms. The Labute approximate surface area is 163 Å². The van der Waals surface area contributed by atoms with Gasteiger partial charge in [-0.2, -0.15) is 21.9 Å². The van der Waals surface area contributed by atoms with Crippen molar-refractivity contribution >= 4 is 42.4 Å². The lowest BCUT2D eigenvalue weighted by Gasteiger charge is -2.13. The Hall–Kier alpha value is -3.26. The molecule has 13 heteroatoms. The van der Waals surface area contributed by atoms with Gasteiger partial charge in [0.15, 0.2) is 10.6 Å². The summed E-state index contributed by atoms with van der Waals surface area (Å²) in [5, 5.41) is 37.1. The molecule has 0 fully saturated rings. The van der Waals surface area contributed by atoms with Crippen LogP contribution in [0.3, 0.4) is 0 Å². The van der Waals surface area contributed by atoms with Crippen LogP contribution in [0.4, 0.5) is 11.4 Å². The molecule has 11 nitrogen and oxygen atoms in total. The summed E-state index contributed by atoms with van der Waals surface area (Å²) in [6.07, 6.45) is 0. The Morgan fingerprint density at radius 1 is 0.759 bits per heavy atom. The number of fused-ring (bicyclic) bond motifs is 1. The van der Waals surface area contributed by atoms with Crippen LogP contribution >= 0.6 is 0 Å². The van der Waals surface area contributed by atoms with Gasteiger partial charge >= 0.3 is 10.1 Å². The van der Waals surface area contributed by atoms with E-state index in [0.717, 1.165) is 0 Å². The highest BCUT2D eigenvalue weighted by Gasteiger charge is 2.30. The van der Waals surface area contributed by atoms with E-state index in [1.807, 2.05) is 0 Å². The zero-order valence-electron chi connectivity index (χ0n) is 14.1. The second kappa shape index (κ2) is 6.97. The fraction of sp³-hybridized carbons (Fsp3) is 0. The van der Waals surface area contributed by atoms with Gasteiger partial charge in [-0.3, -0.25) is 9.11 Å². The van der Waals surface area contributed by atoms with E-state index in [9.17, 15) is 41.3 Å². The third kappa shape index (κ3) is 3.84. The predicted octanol–water partition coefficient (Wildman–Crippen LogP) is 2.87. The molecule has 0 aromatic heterocycles. The highest BCUT2D eigenvalue weighted by molar-refractivity contribution is 7.86. The van der Waals surface area contributed by atoms with Crippen LogP contribution in [0.25, 0.3) is 10.8 Å². The third-order valence-electron chi connectivity index (χ3n) is 3.81. The second-order valence-electron chi connectivity index (χ2n) is 5.73. The van der Waals surface area contributed by atoms with Crippen LogP contribution in [0.5, 0.6) is 17.2 Å². The summed E-state index contributed by atoms with van der Waals surface area (Å²) in [7, 11) is -10.1. The zero-order valence-corrected chi connectivity index (χ0v) is 15.8. The van der Waals surface area contributed by atoms with Crippen LogP contribution in [0, 0.1) is 0 Å². The SMILES string of the molecule is O=S(=O)(O)c1cc(O)c2c(N=Nc3ccccc3)c(O)c(S(=O)(=O)O)c(O)c2c1. The summed E-state index contributed by atoms with van der Waals surface area (Å²) in [6, 6.07) is 9.18. The van der Waals surface area contributed by atoms with Gasteiger partial charge in [-0.1, -0.05) is 18.2 Å². The van der Waals surface area contributed by atoms with Crippen molar-refractivity contribution in [2.24, 2.45) is 10.2 Å². The van der Waals surface area contributed by atoms with E-state index in [1.165, 1.54) is 12.1 Å².